The van der Waals surface area contributed by atoms with E-state index in [1.54, 1.807) is 0 Å². The van der Waals surface area contributed by atoms with E-state index in [0.717, 1.165) is 83.5 Å². The van der Waals surface area contributed by atoms with Crippen molar-refractivity contribution in [3.63, 3.8) is 0 Å². The minimum Gasteiger partial charge on any atom is -0.462 e. The van der Waals surface area contributed by atoms with E-state index in [1.807, 2.05) is 0 Å². The van der Waals surface area contributed by atoms with Crippen LogP contribution in [0.4, 0.5) is 0 Å². The third-order valence-electron chi connectivity index (χ3n) is 16.3. The molecule has 1 unspecified atom stereocenters. The Labute approximate surface area is 505 Å². The van der Waals surface area contributed by atoms with Crippen LogP contribution in [0.15, 0.2) is 48.6 Å². The zero-order chi connectivity index (χ0) is 58.5. The number of hydrogen-bond donors (Lipinski definition) is 0. The summed E-state index contributed by atoms with van der Waals surface area (Å²) < 4.78 is 17.0. The van der Waals surface area contributed by atoms with Gasteiger partial charge in [0, 0.05) is 19.3 Å². The molecule has 0 saturated carbocycles. The topological polar surface area (TPSA) is 78.9 Å². The molecule has 0 aliphatic carbocycles. The molecule has 0 saturated heterocycles. The molecule has 0 heterocycles. The van der Waals surface area contributed by atoms with Gasteiger partial charge in [0.1, 0.15) is 13.2 Å². The molecular formula is C75H138O6. The molecule has 0 fully saturated rings. The largest absolute Gasteiger partial charge is 0.462 e. The number of allylic oxidation sites excluding steroid dienone is 8. The normalized spacial score (nSPS) is 12.3. The van der Waals surface area contributed by atoms with E-state index >= 15 is 0 Å². The summed E-state index contributed by atoms with van der Waals surface area (Å²) in [6.45, 7) is 6.67. The molecule has 1 atom stereocenters. The molecule has 0 N–H and O–H groups in total. The fourth-order valence-electron chi connectivity index (χ4n) is 10.9. The molecule has 0 rings (SSSR count). The maximum absolute atomic E-state index is 12.9. The summed E-state index contributed by atoms with van der Waals surface area (Å²) in [7, 11) is 0. The number of carbonyl (C=O) groups excluding carboxylic acids is 3. The third kappa shape index (κ3) is 68.0. The fourth-order valence-corrected chi connectivity index (χ4v) is 10.9. The van der Waals surface area contributed by atoms with Gasteiger partial charge in [-0.05, 0) is 83.5 Å². The molecule has 0 spiro atoms. The van der Waals surface area contributed by atoms with Crippen LogP contribution in [0.5, 0.6) is 0 Å². The number of ether oxygens (including phenoxy) is 3. The second kappa shape index (κ2) is 69.9. The Bertz CT molecular complexity index is 1400. The van der Waals surface area contributed by atoms with Gasteiger partial charge in [-0.2, -0.15) is 0 Å². The number of hydrogen-bond acceptors (Lipinski definition) is 6. The van der Waals surface area contributed by atoms with Crippen LogP contribution in [0.25, 0.3) is 0 Å². The van der Waals surface area contributed by atoms with Crippen molar-refractivity contribution >= 4 is 17.9 Å². The van der Waals surface area contributed by atoms with Crippen molar-refractivity contribution < 1.29 is 28.6 Å². The van der Waals surface area contributed by atoms with Crippen LogP contribution in [0.2, 0.25) is 0 Å². The maximum Gasteiger partial charge on any atom is 0.306 e. The summed E-state index contributed by atoms with van der Waals surface area (Å²) in [5.41, 5.74) is 0. The van der Waals surface area contributed by atoms with Gasteiger partial charge in [-0.1, -0.05) is 339 Å². The van der Waals surface area contributed by atoms with Gasteiger partial charge in [0.2, 0.25) is 0 Å². The van der Waals surface area contributed by atoms with Crippen molar-refractivity contribution in [1.29, 1.82) is 0 Å². The molecule has 0 aromatic rings. The standard InChI is InChI=1S/C75H138O6/c1-4-7-10-13-16-19-22-25-28-30-32-34-35-36-37-38-39-40-42-43-45-47-50-53-56-59-62-65-68-74(77)80-71-72(70-79-73(76)67-64-61-58-55-52-49-27-24-21-18-15-12-9-6-3)81-75(78)69-66-63-60-57-54-51-48-46-44-41-33-31-29-26-23-20-17-14-11-8-5-2/h23-24,26-27,31,33,44,46,72H,4-22,25,28-30,32,34-43,45,47-71H2,1-3H3/b26-23-,27-24-,33-31-,46-44-. The van der Waals surface area contributed by atoms with E-state index in [1.165, 1.54) is 270 Å². The lowest BCUT2D eigenvalue weighted by Gasteiger charge is -2.18. The van der Waals surface area contributed by atoms with Gasteiger partial charge in [0.05, 0.1) is 0 Å². The second-order valence-electron chi connectivity index (χ2n) is 24.5. The first kappa shape index (κ1) is 78.4. The van der Waals surface area contributed by atoms with E-state index in [-0.39, 0.29) is 31.1 Å². The lowest BCUT2D eigenvalue weighted by Crippen LogP contribution is -2.30. The highest BCUT2D eigenvalue weighted by Crippen LogP contribution is 2.18. The number of carbonyl (C=O) groups is 3. The molecule has 474 valence electrons. The Morgan fingerprint density at radius 2 is 0.444 bits per heavy atom. The molecule has 0 aliphatic rings. The van der Waals surface area contributed by atoms with Gasteiger partial charge in [0.15, 0.2) is 6.10 Å². The number of unbranched alkanes of at least 4 members (excludes halogenated alkanes) is 48. The van der Waals surface area contributed by atoms with Crippen LogP contribution in [0, 0.1) is 0 Å². The first-order valence-electron chi connectivity index (χ1n) is 36.1. The second-order valence-corrected chi connectivity index (χ2v) is 24.5. The summed E-state index contributed by atoms with van der Waals surface area (Å²) in [6, 6.07) is 0. The van der Waals surface area contributed by atoms with Crippen molar-refractivity contribution in [2.75, 3.05) is 13.2 Å². The van der Waals surface area contributed by atoms with Crippen molar-refractivity contribution in [1.82, 2.24) is 0 Å². The monoisotopic (exact) mass is 1140 g/mol. The molecule has 0 radical (unpaired) electrons. The molecule has 6 heteroatoms. The Morgan fingerprint density at radius 1 is 0.247 bits per heavy atom. The molecule has 0 bridgehead atoms. The Kier molecular flexibility index (Phi) is 67.6. The molecule has 0 aliphatic heterocycles. The predicted octanol–water partition coefficient (Wildman–Crippen LogP) is 24.9. The molecular weight excluding hydrogens is 997 g/mol. The minimum absolute atomic E-state index is 0.0773. The van der Waals surface area contributed by atoms with Crippen LogP contribution >= 0.6 is 0 Å². The summed E-state index contributed by atoms with van der Waals surface area (Å²) in [6.07, 6.45) is 88.6. The van der Waals surface area contributed by atoms with Crippen molar-refractivity contribution in [2.45, 2.75) is 399 Å². The summed E-state index contributed by atoms with van der Waals surface area (Å²) >= 11 is 0. The molecule has 0 aromatic heterocycles. The summed E-state index contributed by atoms with van der Waals surface area (Å²) in [4.78, 5) is 38.4. The van der Waals surface area contributed by atoms with Gasteiger partial charge < -0.3 is 14.2 Å². The van der Waals surface area contributed by atoms with Gasteiger partial charge in [0.25, 0.3) is 0 Å². The summed E-state index contributed by atoms with van der Waals surface area (Å²) in [5, 5.41) is 0. The highest BCUT2D eigenvalue weighted by atomic mass is 16.6. The third-order valence-corrected chi connectivity index (χ3v) is 16.3. The zero-order valence-corrected chi connectivity index (χ0v) is 54.6. The van der Waals surface area contributed by atoms with E-state index < -0.39 is 6.10 Å². The van der Waals surface area contributed by atoms with Crippen LogP contribution in [-0.2, 0) is 28.6 Å². The Balaban J connectivity index is 4.25. The van der Waals surface area contributed by atoms with Crippen molar-refractivity contribution in [2.24, 2.45) is 0 Å². The van der Waals surface area contributed by atoms with E-state index in [0.29, 0.717) is 19.3 Å². The molecule has 0 aromatic carbocycles. The maximum atomic E-state index is 12.9. The van der Waals surface area contributed by atoms with E-state index in [2.05, 4.69) is 69.4 Å². The fraction of sp³-hybridized carbons (Fsp3) is 0.853. The number of esters is 3. The quantitative estimate of drug-likeness (QED) is 0.0261. The zero-order valence-electron chi connectivity index (χ0n) is 54.6. The highest BCUT2D eigenvalue weighted by molar-refractivity contribution is 5.71. The average molecular weight is 1140 g/mol. The van der Waals surface area contributed by atoms with Crippen molar-refractivity contribution in [3.8, 4) is 0 Å². The predicted molar refractivity (Wildman–Crippen MR) is 353 cm³/mol. The Morgan fingerprint density at radius 3 is 0.704 bits per heavy atom. The Hall–Kier alpha value is -2.63. The SMILES string of the molecule is CCCCCCC/C=C\C/C=C\C/C=C\CCCCCCCCC(=O)OC(COC(=O)CCCCCCC/C=C\CCCCCCC)COC(=O)CCCCCCCCCCCCCCCCCCCCCCCCCCCCCC. The lowest BCUT2D eigenvalue weighted by molar-refractivity contribution is -0.167. The van der Waals surface area contributed by atoms with Crippen LogP contribution in [0.3, 0.4) is 0 Å². The van der Waals surface area contributed by atoms with Crippen LogP contribution in [0.1, 0.15) is 393 Å². The van der Waals surface area contributed by atoms with Gasteiger partial charge >= 0.3 is 17.9 Å². The van der Waals surface area contributed by atoms with Crippen LogP contribution < -0.4 is 0 Å². The molecule has 81 heavy (non-hydrogen) atoms. The molecule has 6 nitrogen and oxygen atoms in total. The number of rotatable bonds is 67. The van der Waals surface area contributed by atoms with E-state index in [9.17, 15) is 14.4 Å². The first-order chi connectivity index (χ1) is 40.0. The van der Waals surface area contributed by atoms with Gasteiger partial charge in [-0.25, -0.2) is 0 Å². The van der Waals surface area contributed by atoms with Gasteiger partial charge in [-0.3, -0.25) is 14.4 Å². The molecule has 0 amide bonds. The smallest absolute Gasteiger partial charge is 0.306 e. The minimum atomic E-state index is -0.784. The van der Waals surface area contributed by atoms with E-state index in [4.69, 9.17) is 14.2 Å². The van der Waals surface area contributed by atoms with Crippen molar-refractivity contribution in [3.05, 3.63) is 48.6 Å². The average Bonchev–Trinajstić information content (AvgIpc) is 3.47. The highest BCUT2D eigenvalue weighted by Gasteiger charge is 2.19. The van der Waals surface area contributed by atoms with Gasteiger partial charge in [-0.15, -0.1) is 0 Å². The first-order valence-corrected chi connectivity index (χ1v) is 36.1. The summed E-state index contributed by atoms with van der Waals surface area (Å²) in [5.74, 6) is -0.874. The lowest BCUT2D eigenvalue weighted by atomic mass is 10.0. The van der Waals surface area contributed by atoms with Crippen LogP contribution in [-0.4, -0.2) is 37.2 Å².